The van der Waals surface area contributed by atoms with Crippen LogP contribution in [0, 0.1) is 0 Å². The lowest BCUT2D eigenvalue weighted by Gasteiger charge is -2.16. The van der Waals surface area contributed by atoms with Crippen LogP contribution in [-0.4, -0.2) is 55.8 Å². The molecule has 0 saturated carbocycles. The predicted molar refractivity (Wildman–Crippen MR) is 42.1 cm³/mol. The second kappa shape index (κ2) is 4.73. The molecular formula is C5H13NO5S. The van der Waals surface area contributed by atoms with Gasteiger partial charge in [0, 0.05) is 20.7 Å². The topological polar surface area (TPSA) is 87.1 Å². The molecule has 0 saturated heterocycles. The first-order valence-corrected chi connectivity index (χ1v) is 4.63. The third kappa shape index (κ3) is 4.62. The summed E-state index contributed by atoms with van der Waals surface area (Å²) in [4.78, 5) is 0. The number of hydrogen-bond donors (Lipinski definition) is 2. The molecule has 2 N–H and O–H groups in total. The Labute approximate surface area is 71.6 Å². The molecule has 0 aliphatic heterocycles. The van der Waals surface area contributed by atoms with Crippen LogP contribution in [0.3, 0.4) is 0 Å². The molecule has 0 aliphatic carbocycles. The minimum atomic E-state index is -4.20. The fourth-order valence-electron chi connectivity index (χ4n) is 0.636. The van der Waals surface area contributed by atoms with Crippen LogP contribution in [0.25, 0.3) is 0 Å². The van der Waals surface area contributed by atoms with Gasteiger partial charge in [-0.05, 0) is 0 Å². The Balaban J connectivity index is 3.93. The number of likely N-dealkylation sites (N-methyl/N-ethyl adjacent to an activating group) is 1. The molecule has 74 valence electrons. The summed E-state index contributed by atoms with van der Waals surface area (Å²) < 4.78 is 34.5. The van der Waals surface area contributed by atoms with Gasteiger partial charge in [0.25, 0.3) is 0 Å². The summed E-state index contributed by atoms with van der Waals surface area (Å²) in [5.41, 5.74) is 0. The summed E-state index contributed by atoms with van der Waals surface area (Å²) in [5, 5.41) is 9.04. The fraction of sp³-hybridized carbons (Fsp3) is 1.00. The molecule has 7 heteroatoms. The first-order chi connectivity index (χ1) is 5.38. The van der Waals surface area contributed by atoms with E-state index in [0.717, 1.165) is 7.05 Å². The lowest BCUT2D eigenvalue weighted by atomic mass is 10.4. The van der Waals surface area contributed by atoms with Crippen LogP contribution in [0.4, 0.5) is 0 Å². The van der Waals surface area contributed by atoms with Crippen molar-refractivity contribution in [2.75, 3.05) is 27.3 Å². The van der Waals surface area contributed by atoms with Gasteiger partial charge in [0.15, 0.2) is 0 Å². The summed E-state index contributed by atoms with van der Waals surface area (Å²) in [6, 6.07) is 0. The Hall–Kier alpha value is -0.210. The van der Waals surface area contributed by atoms with Gasteiger partial charge in [-0.1, -0.05) is 0 Å². The van der Waals surface area contributed by atoms with Gasteiger partial charge >= 0.3 is 10.3 Å². The number of rotatable bonds is 5. The van der Waals surface area contributed by atoms with Crippen molar-refractivity contribution in [2.24, 2.45) is 0 Å². The third-order valence-electron chi connectivity index (χ3n) is 1.22. The van der Waals surface area contributed by atoms with Gasteiger partial charge in [0.05, 0.1) is 12.7 Å². The number of ether oxygens (including phenoxy) is 1. The van der Waals surface area contributed by atoms with E-state index in [-0.39, 0.29) is 13.2 Å². The zero-order valence-corrected chi connectivity index (χ0v) is 7.78. The molecule has 0 radical (unpaired) electrons. The van der Waals surface area contributed by atoms with Gasteiger partial charge in [-0.2, -0.15) is 12.7 Å². The normalized spacial score (nSPS) is 15.1. The molecule has 0 spiro atoms. The second-order valence-electron chi connectivity index (χ2n) is 2.37. The molecule has 0 heterocycles. The minimum absolute atomic E-state index is 0.0276. The summed E-state index contributed by atoms with van der Waals surface area (Å²) in [5.74, 6) is 0. The monoisotopic (exact) mass is 199 g/mol. The van der Waals surface area contributed by atoms with Gasteiger partial charge < -0.3 is 9.84 Å². The van der Waals surface area contributed by atoms with E-state index in [0.29, 0.717) is 4.31 Å². The lowest BCUT2D eigenvalue weighted by Crippen LogP contribution is -2.35. The Morgan fingerprint density at radius 1 is 1.58 bits per heavy atom. The highest BCUT2D eigenvalue weighted by atomic mass is 32.2. The number of aliphatic hydroxyl groups is 1. The van der Waals surface area contributed by atoms with Gasteiger partial charge in [0.2, 0.25) is 0 Å². The second-order valence-corrected chi connectivity index (χ2v) is 3.89. The maximum absolute atomic E-state index is 10.4. The summed E-state index contributed by atoms with van der Waals surface area (Å²) in [6.45, 7) is -0.160. The van der Waals surface area contributed by atoms with Crippen LogP contribution in [0.15, 0.2) is 0 Å². The van der Waals surface area contributed by atoms with Crippen molar-refractivity contribution in [1.29, 1.82) is 0 Å². The molecule has 0 aromatic carbocycles. The molecule has 12 heavy (non-hydrogen) atoms. The van der Waals surface area contributed by atoms with Gasteiger partial charge in [-0.3, -0.25) is 4.55 Å². The molecular weight excluding hydrogens is 186 g/mol. The van der Waals surface area contributed by atoms with Crippen molar-refractivity contribution in [1.82, 2.24) is 4.31 Å². The first-order valence-electron chi connectivity index (χ1n) is 3.23. The smallest absolute Gasteiger partial charge is 0.335 e. The number of hydrogen-bond acceptors (Lipinski definition) is 4. The number of nitrogens with zero attached hydrogens (tertiary/aromatic N) is 1. The average Bonchev–Trinajstić information content (AvgIpc) is 1.85. The molecule has 6 nitrogen and oxygen atoms in total. The van der Waals surface area contributed by atoms with Crippen LogP contribution >= 0.6 is 0 Å². The lowest BCUT2D eigenvalue weighted by molar-refractivity contribution is 0.0543. The van der Waals surface area contributed by atoms with Gasteiger partial charge in [-0.15, -0.1) is 0 Å². The summed E-state index contributed by atoms with van der Waals surface area (Å²) in [7, 11) is -1.65. The predicted octanol–water partition coefficient (Wildman–Crippen LogP) is -1.27. The molecule has 0 aromatic rings. The average molecular weight is 199 g/mol. The van der Waals surface area contributed by atoms with Gasteiger partial charge in [-0.25, -0.2) is 0 Å². The molecule has 1 atom stereocenters. The van der Waals surface area contributed by atoms with Crippen molar-refractivity contribution in [2.45, 2.75) is 6.10 Å². The van der Waals surface area contributed by atoms with Crippen molar-refractivity contribution >= 4 is 10.3 Å². The van der Waals surface area contributed by atoms with Crippen molar-refractivity contribution in [3.63, 3.8) is 0 Å². The molecule has 1 unspecified atom stereocenters. The van der Waals surface area contributed by atoms with E-state index in [1.54, 1.807) is 0 Å². The van der Waals surface area contributed by atoms with Crippen molar-refractivity contribution in [3.05, 3.63) is 0 Å². The number of methoxy groups -OCH3 is 1. The zero-order chi connectivity index (χ0) is 9.78. The Morgan fingerprint density at radius 2 is 2.08 bits per heavy atom. The van der Waals surface area contributed by atoms with E-state index in [4.69, 9.17) is 9.66 Å². The fourth-order valence-corrected chi connectivity index (χ4v) is 0.997. The Kier molecular flexibility index (Phi) is 4.64. The highest BCUT2D eigenvalue weighted by Crippen LogP contribution is 1.95. The van der Waals surface area contributed by atoms with Crippen LogP contribution < -0.4 is 0 Å². The highest BCUT2D eigenvalue weighted by Gasteiger charge is 2.16. The van der Waals surface area contributed by atoms with E-state index in [1.807, 2.05) is 0 Å². The van der Waals surface area contributed by atoms with E-state index in [9.17, 15) is 8.42 Å². The Bertz CT molecular complexity index is 214. The van der Waals surface area contributed by atoms with E-state index < -0.39 is 16.4 Å². The number of aliphatic hydroxyl groups excluding tert-OH is 1. The summed E-state index contributed by atoms with van der Waals surface area (Å²) >= 11 is 0. The third-order valence-corrected chi connectivity index (χ3v) is 2.16. The molecule has 0 rings (SSSR count). The molecule has 0 bridgehead atoms. The largest absolute Gasteiger partial charge is 0.389 e. The summed E-state index contributed by atoms with van der Waals surface area (Å²) in [6.07, 6.45) is -0.929. The quantitative estimate of drug-likeness (QED) is 0.539. The molecule has 0 fully saturated rings. The first kappa shape index (κ1) is 11.8. The van der Waals surface area contributed by atoms with E-state index in [1.165, 1.54) is 7.11 Å². The Morgan fingerprint density at radius 3 is 2.42 bits per heavy atom. The van der Waals surface area contributed by atoms with Crippen molar-refractivity contribution in [3.8, 4) is 0 Å². The van der Waals surface area contributed by atoms with Crippen LogP contribution in [-0.2, 0) is 15.0 Å². The van der Waals surface area contributed by atoms with Crippen molar-refractivity contribution < 1.29 is 22.8 Å². The highest BCUT2D eigenvalue weighted by molar-refractivity contribution is 7.83. The van der Waals surface area contributed by atoms with Crippen LogP contribution in [0.2, 0.25) is 0 Å². The van der Waals surface area contributed by atoms with E-state index in [2.05, 4.69) is 4.74 Å². The maximum Gasteiger partial charge on any atom is 0.335 e. The minimum Gasteiger partial charge on any atom is -0.389 e. The van der Waals surface area contributed by atoms with Crippen LogP contribution in [0.5, 0.6) is 0 Å². The van der Waals surface area contributed by atoms with Gasteiger partial charge in [0.1, 0.15) is 0 Å². The SMILES string of the molecule is COCC(O)CN(C)S(=O)(=O)O. The maximum atomic E-state index is 10.4. The molecule has 0 aliphatic rings. The molecule has 0 aromatic heterocycles. The zero-order valence-electron chi connectivity index (χ0n) is 6.97. The standard InChI is InChI=1S/C5H13NO5S/c1-6(12(8,9)10)3-5(7)4-11-2/h5,7H,3-4H2,1-2H3,(H,8,9,10). The van der Waals surface area contributed by atoms with E-state index >= 15 is 0 Å². The molecule has 0 amide bonds. The van der Waals surface area contributed by atoms with Crippen LogP contribution in [0.1, 0.15) is 0 Å².